The summed E-state index contributed by atoms with van der Waals surface area (Å²) in [4.78, 5) is 11.2. The molecule has 0 aromatic heterocycles. The van der Waals surface area contributed by atoms with Gasteiger partial charge >= 0.3 is 6.09 Å². The minimum atomic E-state index is -0.511. The van der Waals surface area contributed by atoms with Crippen LogP contribution in [0.5, 0.6) is 5.75 Å². The molecule has 0 spiro atoms. The van der Waals surface area contributed by atoms with Gasteiger partial charge in [0.2, 0.25) is 0 Å². The predicted molar refractivity (Wildman–Crippen MR) is 82.6 cm³/mol. The second-order valence-electron chi connectivity index (χ2n) is 4.68. The number of carbonyl (C=O) groups excluding carboxylic acids is 1. The number of ether oxygens (including phenoxy) is 1. The van der Waals surface area contributed by atoms with E-state index in [-0.39, 0.29) is 5.75 Å². The SMILES string of the molecule is COC(=O)Nc1cccc(NCc2cc(C)ccc2O)c1. The van der Waals surface area contributed by atoms with E-state index in [1.54, 1.807) is 18.2 Å². The number of phenolic OH excluding ortho intramolecular Hbond substituents is 1. The number of aromatic hydroxyl groups is 1. The molecule has 0 unspecified atom stereocenters. The molecule has 0 saturated heterocycles. The summed E-state index contributed by atoms with van der Waals surface area (Å²) in [6.07, 6.45) is -0.511. The molecule has 21 heavy (non-hydrogen) atoms. The Bertz CT molecular complexity index is 641. The number of phenols is 1. The second kappa shape index (κ2) is 6.65. The van der Waals surface area contributed by atoms with Gasteiger partial charge in [0.05, 0.1) is 7.11 Å². The van der Waals surface area contributed by atoms with Gasteiger partial charge < -0.3 is 15.2 Å². The number of nitrogens with one attached hydrogen (secondary N) is 2. The van der Waals surface area contributed by atoms with Crippen molar-refractivity contribution >= 4 is 17.5 Å². The first kappa shape index (κ1) is 14.7. The molecule has 1 amide bonds. The van der Waals surface area contributed by atoms with Gasteiger partial charge in [-0.25, -0.2) is 4.79 Å². The lowest BCUT2D eigenvalue weighted by molar-refractivity contribution is 0.187. The predicted octanol–water partition coefficient (Wildman–Crippen LogP) is 3.49. The van der Waals surface area contributed by atoms with Crippen molar-refractivity contribution in [2.45, 2.75) is 13.5 Å². The highest BCUT2D eigenvalue weighted by molar-refractivity contribution is 5.85. The molecule has 110 valence electrons. The van der Waals surface area contributed by atoms with Crippen molar-refractivity contribution in [3.63, 3.8) is 0 Å². The Labute approximate surface area is 123 Å². The highest BCUT2D eigenvalue weighted by atomic mass is 16.5. The van der Waals surface area contributed by atoms with Gasteiger partial charge in [0.15, 0.2) is 0 Å². The quantitative estimate of drug-likeness (QED) is 0.804. The van der Waals surface area contributed by atoms with Crippen LogP contribution in [0.4, 0.5) is 16.2 Å². The first-order valence-corrected chi connectivity index (χ1v) is 6.56. The van der Waals surface area contributed by atoms with E-state index in [1.165, 1.54) is 7.11 Å². The third-order valence-electron chi connectivity index (χ3n) is 3.01. The van der Waals surface area contributed by atoms with Crippen LogP contribution >= 0.6 is 0 Å². The Morgan fingerprint density at radius 2 is 1.95 bits per heavy atom. The summed E-state index contributed by atoms with van der Waals surface area (Å²) in [6.45, 7) is 2.47. The van der Waals surface area contributed by atoms with Crippen molar-refractivity contribution in [3.8, 4) is 5.75 Å². The van der Waals surface area contributed by atoms with Crippen LogP contribution in [0.15, 0.2) is 42.5 Å². The number of hydrogen-bond donors (Lipinski definition) is 3. The van der Waals surface area contributed by atoms with Crippen LogP contribution in [0.3, 0.4) is 0 Å². The van der Waals surface area contributed by atoms with Crippen LogP contribution in [0.2, 0.25) is 0 Å². The Morgan fingerprint density at radius 1 is 1.19 bits per heavy atom. The maximum absolute atomic E-state index is 11.2. The van der Waals surface area contributed by atoms with Crippen LogP contribution in [-0.4, -0.2) is 18.3 Å². The molecule has 0 aliphatic rings. The third kappa shape index (κ3) is 4.14. The second-order valence-corrected chi connectivity index (χ2v) is 4.68. The molecule has 0 saturated carbocycles. The number of anilines is 2. The van der Waals surface area contributed by atoms with Crippen LogP contribution in [0.1, 0.15) is 11.1 Å². The molecule has 0 aliphatic carbocycles. The fraction of sp³-hybridized carbons (Fsp3) is 0.188. The van der Waals surface area contributed by atoms with Gasteiger partial charge in [-0.2, -0.15) is 0 Å². The molecule has 2 aromatic carbocycles. The standard InChI is InChI=1S/C16H18N2O3/c1-11-6-7-15(19)12(8-11)10-17-13-4-3-5-14(9-13)18-16(20)21-2/h3-9,17,19H,10H2,1-2H3,(H,18,20). The van der Waals surface area contributed by atoms with Crippen molar-refractivity contribution in [1.29, 1.82) is 0 Å². The molecule has 2 aromatic rings. The highest BCUT2D eigenvalue weighted by Gasteiger charge is 2.03. The molecule has 0 aliphatic heterocycles. The third-order valence-corrected chi connectivity index (χ3v) is 3.01. The number of hydrogen-bond acceptors (Lipinski definition) is 4. The number of carbonyl (C=O) groups is 1. The molecule has 0 bridgehead atoms. The van der Waals surface area contributed by atoms with E-state index in [2.05, 4.69) is 15.4 Å². The Balaban J connectivity index is 2.04. The van der Waals surface area contributed by atoms with E-state index >= 15 is 0 Å². The van der Waals surface area contributed by atoms with E-state index in [4.69, 9.17) is 0 Å². The summed E-state index contributed by atoms with van der Waals surface area (Å²) in [5.41, 5.74) is 3.39. The number of benzene rings is 2. The number of amides is 1. The molecule has 2 rings (SSSR count). The van der Waals surface area contributed by atoms with Crippen molar-refractivity contribution in [3.05, 3.63) is 53.6 Å². The minimum Gasteiger partial charge on any atom is -0.508 e. The van der Waals surface area contributed by atoms with Crippen molar-refractivity contribution < 1.29 is 14.6 Å². The summed E-state index contributed by atoms with van der Waals surface area (Å²) in [5.74, 6) is 0.261. The van der Waals surface area contributed by atoms with Crippen molar-refractivity contribution in [2.24, 2.45) is 0 Å². The van der Waals surface area contributed by atoms with Gasteiger partial charge in [-0.05, 0) is 31.2 Å². The first-order valence-electron chi connectivity index (χ1n) is 6.56. The van der Waals surface area contributed by atoms with Crippen LogP contribution in [-0.2, 0) is 11.3 Å². The summed E-state index contributed by atoms with van der Waals surface area (Å²) in [6, 6.07) is 12.7. The van der Waals surface area contributed by atoms with Crippen LogP contribution in [0, 0.1) is 6.92 Å². The smallest absolute Gasteiger partial charge is 0.411 e. The highest BCUT2D eigenvalue weighted by Crippen LogP contribution is 2.21. The van der Waals surface area contributed by atoms with Gasteiger partial charge in [0, 0.05) is 23.5 Å². The maximum Gasteiger partial charge on any atom is 0.411 e. The Kier molecular flexibility index (Phi) is 4.66. The van der Waals surface area contributed by atoms with Gasteiger partial charge in [-0.3, -0.25) is 5.32 Å². The monoisotopic (exact) mass is 286 g/mol. The average molecular weight is 286 g/mol. The molecule has 0 fully saturated rings. The molecule has 5 nitrogen and oxygen atoms in total. The molecular formula is C16H18N2O3. The molecule has 3 N–H and O–H groups in total. The zero-order chi connectivity index (χ0) is 15.2. The topological polar surface area (TPSA) is 70.6 Å². The van der Waals surface area contributed by atoms with Crippen molar-refractivity contribution in [1.82, 2.24) is 0 Å². The van der Waals surface area contributed by atoms with Crippen molar-refractivity contribution in [2.75, 3.05) is 17.7 Å². The average Bonchev–Trinajstić information content (AvgIpc) is 2.48. The molecule has 0 radical (unpaired) electrons. The van der Waals surface area contributed by atoms with Gasteiger partial charge in [-0.1, -0.05) is 23.8 Å². The zero-order valence-corrected chi connectivity index (χ0v) is 12.0. The summed E-state index contributed by atoms with van der Waals surface area (Å²) in [5, 5.41) is 15.6. The maximum atomic E-state index is 11.2. The molecular weight excluding hydrogens is 268 g/mol. The number of aryl methyl sites for hydroxylation is 1. The van der Waals surface area contributed by atoms with E-state index in [1.807, 2.05) is 31.2 Å². The van der Waals surface area contributed by atoms with E-state index in [0.29, 0.717) is 12.2 Å². The fourth-order valence-electron chi connectivity index (χ4n) is 1.93. The Morgan fingerprint density at radius 3 is 2.71 bits per heavy atom. The molecule has 0 heterocycles. The van der Waals surface area contributed by atoms with Gasteiger partial charge in [-0.15, -0.1) is 0 Å². The van der Waals surface area contributed by atoms with Crippen LogP contribution < -0.4 is 10.6 Å². The largest absolute Gasteiger partial charge is 0.508 e. The zero-order valence-electron chi connectivity index (χ0n) is 12.0. The van der Waals surface area contributed by atoms with Crippen LogP contribution in [0.25, 0.3) is 0 Å². The lowest BCUT2D eigenvalue weighted by Crippen LogP contribution is -2.11. The normalized spacial score (nSPS) is 10.0. The lowest BCUT2D eigenvalue weighted by atomic mass is 10.1. The first-order chi connectivity index (χ1) is 10.1. The summed E-state index contributed by atoms with van der Waals surface area (Å²) >= 11 is 0. The van der Waals surface area contributed by atoms with Gasteiger partial charge in [0.1, 0.15) is 5.75 Å². The number of rotatable bonds is 4. The lowest BCUT2D eigenvalue weighted by Gasteiger charge is -2.10. The summed E-state index contributed by atoms with van der Waals surface area (Å²) in [7, 11) is 1.32. The summed E-state index contributed by atoms with van der Waals surface area (Å²) < 4.78 is 4.55. The van der Waals surface area contributed by atoms with E-state index < -0.39 is 6.09 Å². The Hall–Kier alpha value is -2.69. The number of methoxy groups -OCH3 is 1. The van der Waals surface area contributed by atoms with Gasteiger partial charge in [0.25, 0.3) is 0 Å². The van der Waals surface area contributed by atoms with E-state index in [9.17, 15) is 9.90 Å². The fourth-order valence-corrected chi connectivity index (χ4v) is 1.93. The minimum absolute atomic E-state index is 0.261. The van der Waals surface area contributed by atoms with E-state index in [0.717, 1.165) is 16.8 Å². The molecule has 5 heteroatoms. The molecule has 0 atom stereocenters.